The minimum Gasteiger partial charge on any atom is -0.493 e. The second-order valence-electron chi connectivity index (χ2n) is 5.13. The number of hydrogen-bond acceptors (Lipinski definition) is 6. The van der Waals surface area contributed by atoms with Crippen LogP contribution in [0.1, 0.15) is 11.7 Å². The molecule has 1 aromatic heterocycles. The number of ether oxygens (including phenoxy) is 3. The number of methoxy groups -OCH3 is 1. The Labute approximate surface area is 119 Å². The maximum atomic E-state index is 6.34. The van der Waals surface area contributed by atoms with Gasteiger partial charge in [-0.1, -0.05) is 0 Å². The van der Waals surface area contributed by atoms with Crippen molar-refractivity contribution in [3.05, 3.63) is 11.9 Å². The van der Waals surface area contributed by atoms with Crippen LogP contribution < -0.4 is 10.5 Å². The van der Waals surface area contributed by atoms with Gasteiger partial charge in [0.15, 0.2) is 5.75 Å². The lowest BCUT2D eigenvalue weighted by Gasteiger charge is -2.28. The Hall–Kier alpha value is -1.15. The van der Waals surface area contributed by atoms with Crippen molar-refractivity contribution in [3.8, 4) is 5.75 Å². The summed E-state index contributed by atoms with van der Waals surface area (Å²) in [6.07, 6.45) is 1.54. The highest BCUT2D eigenvalue weighted by atomic mass is 16.6. The molecule has 2 unspecified atom stereocenters. The van der Waals surface area contributed by atoms with Crippen molar-refractivity contribution < 1.29 is 14.2 Å². The summed E-state index contributed by atoms with van der Waals surface area (Å²) in [5.41, 5.74) is 7.20. The van der Waals surface area contributed by atoms with Crippen LogP contribution in [0.15, 0.2) is 6.20 Å². The molecule has 1 aromatic rings. The average Bonchev–Trinajstić information content (AvgIpc) is 2.88. The molecule has 2 atom stereocenters. The Morgan fingerprint density at radius 3 is 2.95 bits per heavy atom. The number of hydrogen-bond donors (Lipinski definition) is 1. The lowest BCUT2D eigenvalue weighted by molar-refractivity contribution is -0.0985. The molecule has 114 valence electrons. The van der Waals surface area contributed by atoms with E-state index < -0.39 is 0 Å². The lowest BCUT2D eigenvalue weighted by Crippen LogP contribution is -2.39. The highest BCUT2D eigenvalue weighted by Crippen LogP contribution is 2.27. The van der Waals surface area contributed by atoms with Crippen molar-refractivity contribution in [2.75, 3.05) is 47.6 Å². The average molecular weight is 284 g/mol. The normalized spacial score (nSPS) is 21.1. The van der Waals surface area contributed by atoms with E-state index in [1.165, 1.54) is 0 Å². The summed E-state index contributed by atoms with van der Waals surface area (Å²) in [4.78, 5) is 2.10. The molecular weight excluding hydrogens is 260 g/mol. The minimum atomic E-state index is -0.310. The van der Waals surface area contributed by atoms with Gasteiger partial charge in [0.05, 0.1) is 51.4 Å². The minimum absolute atomic E-state index is 0.160. The number of nitrogens with zero attached hydrogens (tertiary/aromatic N) is 3. The molecule has 0 bridgehead atoms. The van der Waals surface area contributed by atoms with Gasteiger partial charge < -0.3 is 24.8 Å². The van der Waals surface area contributed by atoms with E-state index >= 15 is 0 Å². The van der Waals surface area contributed by atoms with Crippen molar-refractivity contribution in [2.45, 2.75) is 18.7 Å². The molecule has 0 radical (unpaired) electrons. The highest BCUT2D eigenvalue weighted by Gasteiger charge is 2.29. The summed E-state index contributed by atoms with van der Waals surface area (Å²) in [6.45, 7) is 3.34. The third-order valence-corrected chi connectivity index (χ3v) is 3.38. The Balaban J connectivity index is 2.16. The van der Waals surface area contributed by atoms with Gasteiger partial charge in [-0.25, -0.2) is 0 Å². The van der Waals surface area contributed by atoms with Gasteiger partial charge in [-0.05, 0) is 14.1 Å². The largest absolute Gasteiger partial charge is 0.493 e. The molecule has 2 rings (SSSR count). The summed E-state index contributed by atoms with van der Waals surface area (Å²) >= 11 is 0. The van der Waals surface area contributed by atoms with E-state index in [1.807, 2.05) is 18.8 Å². The van der Waals surface area contributed by atoms with Crippen LogP contribution >= 0.6 is 0 Å². The van der Waals surface area contributed by atoms with E-state index in [0.29, 0.717) is 25.6 Å². The number of likely N-dealkylation sites (N-methyl/N-ethyl adjacent to an activating group) is 1. The van der Waals surface area contributed by atoms with Gasteiger partial charge in [0.25, 0.3) is 0 Å². The maximum absolute atomic E-state index is 6.34. The van der Waals surface area contributed by atoms with E-state index in [4.69, 9.17) is 19.9 Å². The zero-order chi connectivity index (χ0) is 14.5. The fourth-order valence-electron chi connectivity index (χ4n) is 2.23. The van der Waals surface area contributed by atoms with Crippen molar-refractivity contribution in [1.29, 1.82) is 0 Å². The second kappa shape index (κ2) is 7.03. The molecule has 1 aliphatic rings. The van der Waals surface area contributed by atoms with Gasteiger partial charge >= 0.3 is 0 Å². The third-order valence-electron chi connectivity index (χ3n) is 3.38. The van der Waals surface area contributed by atoms with Gasteiger partial charge in [-0.3, -0.25) is 4.68 Å². The number of rotatable bonds is 6. The van der Waals surface area contributed by atoms with Gasteiger partial charge in [-0.2, -0.15) is 5.10 Å². The maximum Gasteiger partial charge on any atom is 0.161 e. The summed E-state index contributed by atoms with van der Waals surface area (Å²) < 4.78 is 18.4. The van der Waals surface area contributed by atoms with Crippen LogP contribution in [0.3, 0.4) is 0 Å². The van der Waals surface area contributed by atoms with Gasteiger partial charge in [0, 0.05) is 6.54 Å². The van der Waals surface area contributed by atoms with E-state index in [1.54, 1.807) is 13.3 Å². The molecule has 2 heterocycles. The molecular formula is C13H24N4O3. The third kappa shape index (κ3) is 3.49. The molecule has 0 saturated carbocycles. The molecule has 7 heteroatoms. The van der Waals surface area contributed by atoms with Crippen molar-refractivity contribution in [1.82, 2.24) is 14.7 Å². The van der Waals surface area contributed by atoms with Crippen molar-refractivity contribution in [2.24, 2.45) is 5.73 Å². The van der Waals surface area contributed by atoms with Crippen LogP contribution in [0, 0.1) is 0 Å². The summed E-state index contributed by atoms with van der Waals surface area (Å²) in [5.74, 6) is 0.699. The second-order valence-corrected chi connectivity index (χ2v) is 5.13. The highest BCUT2D eigenvalue weighted by molar-refractivity contribution is 5.29. The SMILES string of the molecule is COc1cnn(CCN(C)C)c1C(N)C1COCCO1. The monoisotopic (exact) mass is 284 g/mol. The Morgan fingerprint density at radius 2 is 2.35 bits per heavy atom. The molecule has 1 aliphatic heterocycles. The molecule has 1 saturated heterocycles. The Morgan fingerprint density at radius 1 is 1.55 bits per heavy atom. The topological polar surface area (TPSA) is 74.8 Å². The van der Waals surface area contributed by atoms with Crippen LogP contribution in [0.25, 0.3) is 0 Å². The molecule has 0 spiro atoms. The smallest absolute Gasteiger partial charge is 0.161 e. The van der Waals surface area contributed by atoms with Crippen molar-refractivity contribution in [3.63, 3.8) is 0 Å². The zero-order valence-corrected chi connectivity index (χ0v) is 12.4. The first-order valence-corrected chi connectivity index (χ1v) is 6.83. The molecule has 1 fully saturated rings. The van der Waals surface area contributed by atoms with Crippen LogP contribution in [0.4, 0.5) is 0 Å². The summed E-state index contributed by atoms with van der Waals surface area (Å²) in [6, 6.07) is -0.310. The first-order valence-electron chi connectivity index (χ1n) is 6.83. The number of nitrogens with two attached hydrogens (primary N) is 1. The predicted molar refractivity (Wildman–Crippen MR) is 74.8 cm³/mol. The van der Waals surface area contributed by atoms with Crippen LogP contribution in [0.5, 0.6) is 5.75 Å². The van der Waals surface area contributed by atoms with E-state index in [2.05, 4.69) is 10.00 Å². The Bertz CT molecular complexity index is 416. The first-order chi connectivity index (χ1) is 9.63. The van der Waals surface area contributed by atoms with Gasteiger partial charge in [-0.15, -0.1) is 0 Å². The molecule has 7 nitrogen and oxygen atoms in total. The molecule has 2 N–H and O–H groups in total. The van der Waals surface area contributed by atoms with E-state index in [9.17, 15) is 0 Å². The summed E-state index contributed by atoms with van der Waals surface area (Å²) in [7, 11) is 5.68. The quantitative estimate of drug-likeness (QED) is 0.784. The first kappa shape index (κ1) is 15.2. The van der Waals surface area contributed by atoms with Gasteiger partial charge in [0.1, 0.15) is 6.10 Å². The lowest BCUT2D eigenvalue weighted by atomic mass is 10.1. The fourth-order valence-corrected chi connectivity index (χ4v) is 2.23. The predicted octanol–water partition coefficient (Wildman–Crippen LogP) is -0.131. The molecule has 0 amide bonds. The molecule has 0 aliphatic carbocycles. The standard InChI is InChI=1S/C13H24N4O3/c1-16(2)4-5-17-13(10(18-3)8-15-17)12(14)11-9-19-6-7-20-11/h8,11-12H,4-7,9,14H2,1-3H3. The van der Waals surface area contributed by atoms with E-state index in [-0.39, 0.29) is 12.1 Å². The zero-order valence-electron chi connectivity index (χ0n) is 12.4. The van der Waals surface area contributed by atoms with Gasteiger partial charge in [0.2, 0.25) is 0 Å². The van der Waals surface area contributed by atoms with Crippen LogP contribution in [-0.4, -0.2) is 68.4 Å². The molecule has 20 heavy (non-hydrogen) atoms. The molecule has 0 aromatic carbocycles. The van der Waals surface area contributed by atoms with E-state index in [0.717, 1.165) is 18.8 Å². The van der Waals surface area contributed by atoms with Crippen LogP contribution in [-0.2, 0) is 16.0 Å². The Kier molecular flexibility index (Phi) is 5.36. The fraction of sp³-hybridized carbons (Fsp3) is 0.769. The van der Waals surface area contributed by atoms with Crippen molar-refractivity contribution >= 4 is 0 Å². The van der Waals surface area contributed by atoms with Crippen LogP contribution in [0.2, 0.25) is 0 Å². The summed E-state index contributed by atoms with van der Waals surface area (Å²) in [5, 5.41) is 4.36. The number of aromatic nitrogens is 2.